The summed E-state index contributed by atoms with van der Waals surface area (Å²) in [5, 5.41) is 2.76. The maximum atomic E-state index is 12.7. The number of nitrogens with one attached hydrogen (secondary N) is 1. The molecule has 22 heavy (non-hydrogen) atoms. The molecule has 1 aromatic rings. The summed E-state index contributed by atoms with van der Waals surface area (Å²) in [6, 6.07) is -0.191. The van der Waals surface area contributed by atoms with Gasteiger partial charge in [-0.3, -0.25) is 4.57 Å². The molecule has 2 atom stereocenters. The Morgan fingerprint density at radius 1 is 1.55 bits per heavy atom. The predicted octanol–water partition coefficient (Wildman–Crippen LogP) is 2.03. The Bertz CT molecular complexity index is 495. The van der Waals surface area contributed by atoms with E-state index in [-0.39, 0.29) is 37.0 Å². The molecule has 1 aliphatic heterocycles. The van der Waals surface area contributed by atoms with Gasteiger partial charge in [0.15, 0.2) is 0 Å². The number of morpholine rings is 1. The van der Waals surface area contributed by atoms with E-state index in [9.17, 15) is 13.6 Å². The summed E-state index contributed by atoms with van der Waals surface area (Å²) in [4.78, 5) is 17.7. The molecular weight excluding hydrogens is 294 g/mol. The molecule has 0 radical (unpaired) electrons. The van der Waals surface area contributed by atoms with Crippen molar-refractivity contribution >= 4 is 6.03 Å². The van der Waals surface area contributed by atoms with E-state index in [1.807, 2.05) is 13.8 Å². The monoisotopic (exact) mass is 316 g/mol. The predicted molar refractivity (Wildman–Crippen MR) is 76.8 cm³/mol. The molecule has 0 saturated carbocycles. The van der Waals surface area contributed by atoms with Crippen molar-refractivity contribution in [3.8, 4) is 0 Å². The second-order valence-corrected chi connectivity index (χ2v) is 5.39. The molecule has 1 aliphatic rings. The molecule has 1 fully saturated rings. The Balaban J connectivity index is 1.81. The lowest BCUT2D eigenvalue weighted by atomic mass is 10.2. The maximum Gasteiger partial charge on any atom is 0.319 e. The van der Waals surface area contributed by atoms with Crippen molar-refractivity contribution in [2.24, 2.45) is 0 Å². The van der Waals surface area contributed by atoms with Crippen LogP contribution in [-0.4, -0.2) is 52.3 Å². The van der Waals surface area contributed by atoms with E-state index in [1.54, 1.807) is 4.90 Å². The normalized spacial score (nSPS) is 22.1. The van der Waals surface area contributed by atoms with Gasteiger partial charge in [-0.2, -0.15) is 8.78 Å². The molecule has 1 aromatic heterocycles. The molecule has 2 rings (SSSR count). The topological polar surface area (TPSA) is 59.4 Å². The Hall–Kier alpha value is -1.70. The van der Waals surface area contributed by atoms with Crippen LogP contribution in [0, 0.1) is 0 Å². The van der Waals surface area contributed by atoms with E-state index in [4.69, 9.17) is 4.74 Å². The number of nitrogens with zero attached hydrogens (tertiary/aromatic N) is 3. The van der Waals surface area contributed by atoms with Crippen LogP contribution < -0.4 is 5.32 Å². The van der Waals surface area contributed by atoms with Crippen LogP contribution in [0.1, 0.15) is 32.6 Å². The Morgan fingerprint density at radius 3 is 3.00 bits per heavy atom. The highest BCUT2D eigenvalue weighted by atomic mass is 19.3. The zero-order valence-electron chi connectivity index (χ0n) is 12.8. The second-order valence-electron chi connectivity index (χ2n) is 5.39. The van der Waals surface area contributed by atoms with E-state index in [1.165, 1.54) is 12.4 Å². The lowest BCUT2D eigenvalue weighted by Crippen LogP contribution is -2.52. The van der Waals surface area contributed by atoms with Gasteiger partial charge in [-0.05, 0) is 13.3 Å². The number of rotatable bonds is 5. The largest absolute Gasteiger partial charge is 0.372 e. The highest BCUT2D eigenvalue weighted by Crippen LogP contribution is 2.14. The molecule has 0 aromatic carbocycles. The van der Waals surface area contributed by atoms with E-state index in [0.717, 1.165) is 11.0 Å². The number of aromatic nitrogens is 2. The zero-order valence-corrected chi connectivity index (χ0v) is 12.8. The molecule has 1 saturated heterocycles. The van der Waals surface area contributed by atoms with Gasteiger partial charge < -0.3 is 15.0 Å². The van der Waals surface area contributed by atoms with Crippen molar-refractivity contribution in [1.29, 1.82) is 0 Å². The number of alkyl halides is 2. The Kier molecular flexibility index (Phi) is 5.70. The first-order chi connectivity index (χ1) is 10.5. The van der Waals surface area contributed by atoms with Crippen LogP contribution in [-0.2, 0) is 11.2 Å². The SMILES string of the molecule is CC[C@@H]1CN(C(=O)NCCc2nccn2C(F)F)C[C@@H](C)O1. The fourth-order valence-electron chi connectivity index (χ4n) is 2.54. The third-order valence-electron chi connectivity index (χ3n) is 3.65. The quantitative estimate of drug-likeness (QED) is 0.904. The summed E-state index contributed by atoms with van der Waals surface area (Å²) in [6.45, 7) is 2.70. The second kappa shape index (κ2) is 7.53. The van der Waals surface area contributed by atoms with Gasteiger partial charge in [0.05, 0.1) is 12.2 Å². The molecule has 124 valence electrons. The number of ether oxygens (including phenoxy) is 1. The van der Waals surface area contributed by atoms with Crippen LogP contribution in [0.2, 0.25) is 0 Å². The summed E-state index contributed by atoms with van der Waals surface area (Å²) in [6.07, 6.45) is 3.73. The number of halogens is 2. The smallest absolute Gasteiger partial charge is 0.319 e. The third kappa shape index (κ3) is 4.16. The molecule has 2 amide bonds. The molecular formula is C14H22F2N4O2. The minimum absolute atomic E-state index is 0.00202. The lowest BCUT2D eigenvalue weighted by Gasteiger charge is -2.36. The molecule has 2 heterocycles. The highest BCUT2D eigenvalue weighted by Gasteiger charge is 2.27. The van der Waals surface area contributed by atoms with Crippen LogP contribution in [0.25, 0.3) is 0 Å². The van der Waals surface area contributed by atoms with Gasteiger partial charge in [-0.15, -0.1) is 0 Å². The summed E-state index contributed by atoms with van der Waals surface area (Å²) in [7, 11) is 0. The van der Waals surface area contributed by atoms with E-state index in [0.29, 0.717) is 13.1 Å². The van der Waals surface area contributed by atoms with Gasteiger partial charge in [0, 0.05) is 38.4 Å². The fourth-order valence-corrected chi connectivity index (χ4v) is 2.54. The summed E-state index contributed by atoms with van der Waals surface area (Å²) in [5.74, 6) is 0.261. The molecule has 0 bridgehead atoms. The molecule has 6 nitrogen and oxygen atoms in total. The van der Waals surface area contributed by atoms with Crippen LogP contribution in [0.5, 0.6) is 0 Å². The highest BCUT2D eigenvalue weighted by molar-refractivity contribution is 5.74. The first kappa shape index (κ1) is 16.7. The van der Waals surface area contributed by atoms with Crippen LogP contribution in [0.4, 0.5) is 13.6 Å². The number of urea groups is 1. The Morgan fingerprint density at radius 2 is 2.32 bits per heavy atom. The Labute approximate surface area is 128 Å². The van der Waals surface area contributed by atoms with Gasteiger partial charge in [0.25, 0.3) is 0 Å². The van der Waals surface area contributed by atoms with Crippen LogP contribution in [0.3, 0.4) is 0 Å². The van der Waals surface area contributed by atoms with Gasteiger partial charge in [0.2, 0.25) is 0 Å². The number of hydrogen-bond acceptors (Lipinski definition) is 3. The number of carbonyl (C=O) groups excluding carboxylic acids is 1. The van der Waals surface area contributed by atoms with Crippen molar-refractivity contribution < 1.29 is 18.3 Å². The zero-order chi connectivity index (χ0) is 16.1. The molecule has 0 spiro atoms. The van der Waals surface area contributed by atoms with Gasteiger partial charge in [-0.1, -0.05) is 6.92 Å². The first-order valence-corrected chi connectivity index (χ1v) is 7.49. The van der Waals surface area contributed by atoms with Crippen molar-refractivity contribution in [2.45, 2.75) is 45.4 Å². The molecule has 0 aliphatic carbocycles. The number of amides is 2. The van der Waals surface area contributed by atoms with Crippen molar-refractivity contribution in [2.75, 3.05) is 19.6 Å². The average Bonchev–Trinajstić information content (AvgIpc) is 2.95. The maximum absolute atomic E-state index is 12.7. The first-order valence-electron chi connectivity index (χ1n) is 7.49. The molecule has 0 unspecified atom stereocenters. The number of carbonyl (C=O) groups is 1. The standard InChI is InChI=1S/C14H22F2N4O2/c1-3-11-9-19(8-10(2)22-11)14(21)18-5-4-12-17-6-7-20(12)13(15)16/h6-7,10-11,13H,3-5,8-9H2,1-2H3,(H,18,21)/t10-,11-/m1/s1. The average molecular weight is 316 g/mol. The van der Waals surface area contributed by atoms with Crippen LogP contribution in [0.15, 0.2) is 12.4 Å². The minimum Gasteiger partial charge on any atom is -0.372 e. The number of imidazole rings is 1. The van der Waals surface area contributed by atoms with Crippen molar-refractivity contribution in [3.63, 3.8) is 0 Å². The van der Waals surface area contributed by atoms with Gasteiger partial charge >= 0.3 is 12.6 Å². The summed E-state index contributed by atoms with van der Waals surface area (Å²) >= 11 is 0. The van der Waals surface area contributed by atoms with Crippen molar-refractivity contribution in [3.05, 3.63) is 18.2 Å². The number of hydrogen-bond donors (Lipinski definition) is 1. The van der Waals surface area contributed by atoms with Crippen molar-refractivity contribution in [1.82, 2.24) is 19.8 Å². The molecule has 1 N–H and O–H groups in total. The third-order valence-corrected chi connectivity index (χ3v) is 3.65. The molecule has 8 heteroatoms. The minimum atomic E-state index is -2.61. The van der Waals surface area contributed by atoms with Gasteiger partial charge in [-0.25, -0.2) is 9.78 Å². The lowest BCUT2D eigenvalue weighted by molar-refractivity contribution is -0.0645. The van der Waals surface area contributed by atoms with Gasteiger partial charge in [0.1, 0.15) is 5.82 Å². The van der Waals surface area contributed by atoms with E-state index >= 15 is 0 Å². The fraction of sp³-hybridized carbons (Fsp3) is 0.714. The summed E-state index contributed by atoms with van der Waals surface area (Å²) in [5.41, 5.74) is 0. The van der Waals surface area contributed by atoms with E-state index < -0.39 is 6.55 Å². The van der Waals surface area contributed by atoms with E-state index in [2.05, 4.69) is 10.3 Å². The summed E-state index contributed by atoms with van der Waals surface area (Å²) < 4.78 is 31.9. The van der Waals surface area contributed by atoms with Crippen LogP contribution >= 0.6 is 0 Å².